The Hall–Kier alpha value is -3.99. The van der Waals surface area contributed by atoms with Crippen LogP contribution in [0.25, 0.3) is 11.1 Å². The van der Waals surface area contributed by atoms with Crippen LogP contribution in [0, 0.1) is 18.3 Å². The standard InChI is InChI=1S/C23H18F2N4O2/c1-14-7-19(31-21(24)25)5-6-20(14)23(13-30-22(27)29-23)18-4-2-3-16(9-18)17-8-15(10-26)11-28-12-17/h2-9,11-12,21H,13H2,1H3,(H2,27,29). The maximum Gasteiger partial charge on any atom is 0.387 e. The average Bonchev–Trinajstić information content (AvgIpc) is 3.16. The number of nitrogens with zero attached hydrogens (tertiary/aromatic N) is 3. The van der Waals surface area contributed by atoms with Gasteiger partial charge in [-0.3, -0.25) is 4.98 Å². The van der Waals surface area contributed by atoms with E-state index in [0.29, 0.717) is 11.1 Å². The first-order chi connectivity index (χ1) is 14.9. The SMILES string of the molecule is Cc1cc(OC(F)F)ccc1C1(c2cccc(-c3cncc(C#N)c3)c2)COC(N)=N1. The minimum Gasteiger partial charge on any atom is -0.462 e. The van der Waals surface area contributed by atoms with Crippen LogP contribution < -0.4 is 10.5 Å². The summed E-state index contributed by atoms with van der Waals surface area (Å²) in [5.74, 6) is 0.0652. The lowest BCUT2D eigenvalue weighted by Gasteiger charge is -2.27. The molecule has 2 N–H and O–H groups in total. The normalized spacial score (nSPS) is 17.7. The van der Waals surface area contributed by atoms with Gasteiger partial charge in [0.15, 0.2) is 5.54 Å². The van der Waals surface area contributed by atoms with Gasteiger partial charge in [0.25, 0.3) is 6.02 Å². The van der Waals surface area contributed by atoms with Crippen molar-refractivity contribution in [1.82, 2.24) is 4.98 Å². The quantitative estimate of drug-likeness (QED) is 0.670. The number of ether oxygens (including phenoxy) is 2. The monoisotopic (exact) mass is 420 g/mol. The molecule has 0 aliphatic carbocycles. The second-order valence-corrected chi connectivity index (χ2v) is 7.11. The highest BCUT2D eigenvalue weighted by Crippen LogP contribution is 2.41. The largest absolute Gasteiger partial charge is 0.462 e. The van der Waals surface area contributed by atoms with Crippen LogP contribution in [0.2, 0.25) is 0 Å². The van der Waals surface area contributed by atoms with Crippen LogP contribution in [0.15, 0.2) is 65.9 Å². The minimum absolute atomic E-state index is 0.0471. The molecule has 3 aromatic rings. The van der Waals surface area contributed by atoms with Crippen molar-refractivity contribution in [2.75, 3.05) is 6.61 Å². The Morgan fingerprint density at radius 2 is 2.00 bits per heavy atom. The summed E-state index contributed by atoms with van der Waals surface area (Å²) in [5, 5.41) is 9.17. The van der Waals surface area contributed by atoms with E-state index < -0.39 is 12.2 Å². The summed E-state index contributed by atoms with van der Waals surface area (Å²) >= 11 is 0. The summed E-state index contributed by atoms with van der Waals surface area (Å²) in [4.78, 5) is 8.72. The molecule has 0 saturated heterocycles. The van der Waals surface area contributed by atoms with Crippen LogP contribution >= 0.6 is 0 Å². The highest BCUT2D eigenvalue weighted by Gasteiger charge is 2.41. The number of aryl methyl sites for hydroxylation is 1. The minimum atomic E-state index is -2.91. The van der Waals surface area contributed by atoms with Gasteiger partial charge in [-0.25, -0.2) is 4.99 Å². The van der Waals surface area contributed by atoms with Crippen molar-refractivity contribution in [2.45, 2.75) is 19.1 Å². The summed E-state index contributed by atoms with van der Waals surface area (Å²) in [5.41, 5.74) is 9.28. The molecule has 1 unspecified atom stereocenters. The van der Waals surface area contributed by atoms with Crippen molar-refractivity contribution in [3.63, 3.8) is 0 Å². The number of aromatic nitrogens is 1. The van der Waals surface area contributed by atoms with Crippen molar-refractivity contribution in [2.24, 2.45) is 10.7 Å². The van der Waals surface area contributed by atoms with E-state index in [0.717, 1.165) is 22.3 Å². The van der Waals surface area contributed by atoms with Gasteiger partial charge in [0.2, 0.25) is 0 Å². The Bertz CT molecular complexity index is 1210. The van der Waals surface area contributed by atoms with Crippen molar-refractivity contribution < 1.29 is 18.3 Å². The summed E-state index contributed by atoms with van der Waals surface area (Å²) in [6.45, 7) is -0.949. The third-order valence-electron chi connectivity index (χ3n) is 5.14. The maximum atomic E-state index is 12.6. The summed E-state index contributed by atoms with van der Waals surface area (Å²) < 4.78 is 35.2. The third kappa shape index (κ3) is 3.90. The molecular weight excluding hydrogens is 402 g/mol. The smallest absolute Gasteiger partial charge is 0.387 e. The van der Waals surface area contributed by atoms with Crippen LogP contribution in [0.5, 0.6) is 5.75 Å². The summed E-state index contributed by atoms with van der Waals surface area (Å²) in [6.07, 6.45) is 3.17. The molecule has 0 saturated carbocycles. The summed E-state index contributed by atoms with van der Waals surface area (Å²) in [6, 6.07) is 16.2. The molecular formula is C23H18F2N4O2. The molecule has 1 aliphatic rings. The van der Waals surface area contributed by atoms with Crippen LogP contribution in [0.3, 0.4) is 0 Å². The van der Waals surface area contributed by atoms with Crippen molar-refractivity contribution in [1.29, 1.82) is 5.26 Å². The van der Waals surface area contributed by atoms with Gasteiger partial charge in [-0.2, -0.15) is 14.0 Å². The fourth-order valence-corrected chi connectivity index (χ4v) is 3.76. The lowest BCUT2D eigenvalue weighted by molar-refractivity contribution is -0.0498. The van der Waals surface area contributed by atoms with Gasteiger partial charge < -0.3 is 15.2 Å². The van der Waals surface area contributed by atoms with E-state index >= 15 is 0 Å². The molecule has 0 radical (unpaired) electrons. The van der Waals surface area contributed by atoms with E-state index in [4.69, 9.17) is 15.7 Å². The number of nitrogens with two attached hydrogens (primary N) is 1. The van der Waals surface area contributed by atoms with Gasteiger partial charge in [-0.1, -0.05) is 24.3 Å². The number of hydrogen-bond donors (Lipinski definition) is 1. The Labute approximate surface area is 177 Å². The lowest BCUT2D eigenvalue weighted by Crippen LogP contribution is -2.28. The Kier molecular flexibility index (Phi) is 5.26. The zero-order chi connectivity index (χ0) is 22.0. The van der Waals surface area contributed by atoms with Gasteiger partial charge in [-0.15, -0.1) is 0 Å². The van der Waals surface area contributed by atoms with Gasteiger partial charge in [0.1, 0.15) is 18.4 Å². The molecule has 0 bridgehead atoms. The second kappa shape index (κ2) is 8.03. The van der Waals surface area contributed by atoms with Gasteiger partial charge in [0, 0.05) is 18.0 Å². The molecule has 6 nitrogen and oxygen atoms in total. The molecule has 0 amide bonds. The van der Waals surface area contributed by atoms with E-state index in [1.54, 1.807) is 25.3 Å². The predicted octanol–water partition coefficient (Wildman–Crippen LogP) is 4.12. The second-order valence-electron chi connectivity index (χ2n) is 7.11. The number of rotatable bonds is 5. The molecule has 2 heterocycles. The molecule has 1 aliphatic heterocycles. The lowest BCUT2D eigenvalue weighted by atomic mass is 9.81. The molecule has 8 heteroatoms. The molecule has 0 fully saturated rings. The van der Waals surface area contributed by atoms with Gasteiger partial charge >= 0.3 is 6.61 Å². The van der Waals surface area contributed by atoms with E-state index in [1.165, 1.54) is 18.3 Å². The van der Waals surface area contributed by atoms with E-state index in [1.807, 2.05) is 24.3 Å². The highest BCUT2D eigenvalue weighted by atomic mass is 19.3. The van der Waals surface area contributed by atoms with Crippen molar-refractivity contribution in [3.8, 4) is 22.9 Å². The van der Waals surface area contributed by atoms with E-state index in [-0.39, 0.29) is 18.4 Å². The first-order valence-corrected chi connectivity index (χ1v) is 9.41. The van der Waals surface area contributed by atoms with Crippen LogP contribution in [-0.4, -0.2) is 24.2 Å². The number of nitriles is 1. The zero-order valence-corrected chi connectivity index (χ0v) is 16.5. The Morgan fingerprint density at radius 3 is 2.68 bits per heavy atom. The first kappa shape index (κ1) is 20.3. The number of amidine groups is 1. The molecule has 1 aromatic heterocycles. The molecule has 2 aromatic carbocycles. The Balaban J connectivity index is 1.82. The number of halogens is 2. The fraction of sp³-hybridized carbons (Fsp3) is 0.174. The molecule has 156 valence electrons. The van der Waals surface area contributed by atoms with E-state index in [2.05, 4.69) is 20.8 Å². The van der Waals surface area contributed by atoms with E-state index in [9.17, 15) is 8.78 Å². The first-order valence-electron chi connectivity index (χ1n) is 9.41. The highest BCUT2D eigenvalue weighted by molar-refractivity contribution is 5.76. The molecule has 4 rings (SSSR count). The molecule has 1 atom stereocenters. The number of hydrogen-bond acceptors (Lipinski definition) is 6. The third-order valence-corrected chi connectivity index (χ3v) is 5.14. The van der Waals surface area contributed by atoms with Gasteiger partial charge in [0.05, 0.1) is 5.56 Å². The van der Waals surface area contributed by atoms with Crippen LogP contribution in [0.4, 0.5) is 8.78 Å². The fourth-order valence-electron chi connectivity index (χ4n) is 3.76. The van der Waals surface area contributed by atoms with Crippen molar-refractivity contribution >= 4 is 6.02 Å². The maximum absolute atomic E-state index is 12.6. The number of benzene rings is 2. The molecule has 0 spiro atoms. The topological polar surface area (TPSA) is 93.5 Å². The van der Waals surface area contributed by atoms with Crippen LogP contribution in [-0.2, 0) is 10.3 Å². The number of pyridine rings is 1. The Morgan fingerprint density at radius 1 is 1.16 bits per heavy atom. The van der Waals surface area contributed by atoms with Gasteiger partial charge in [-0.05, 0) is 53.4 Å². The van der Waals surface area contributed by atoms with Crippen LogP contribution in [0.1, 0.15) is 22.3 Å². The predicted molar refractivity (Wildman–Crippen MR) is 111 cm³/mol. The summed E-state index contributed by atoms with van der Waals surface area (Å²) in [7, 11) is 0. The average molecular weight is 420 g/mol. The number of alkyl halides is 2. The van der Waals surface area contributed by atoms with Crippen molar-refractivity contribution in [3.05, 3.63) is 83.2 Å². The number of aliphatic imine (C=N–C) groups is 1. The zero-order valence-electron chi connectivity index (χ0n) is 16.5. The molecule has 31 heavy (non-hydrogen) atoms.